The quantitative estimate of drug-likeness (QED) is 0.405. The fourth-order valence-corrected chi connectivity index (χ4v) is 5.81. The van der Waals surface area contributed by atoms with E-state index in [1.165, 1.54) is 14.2 Å². The van der Waals surface area contributed by atoms with Crippen molar-refractivity contribution >= 4 is 22.6 Å². The summed E-state index contributed by atoms with van der Waals surface area (Å²) >= 11 is 0.268. The van der Waals surface area contributed by atoms with E-state index in [2.05, 4.69) is 6.58 Å². The van der Waals surface area contributed by atoms with Crippen LogP contribution in [0.2, 0.25) is 5.82 Å². The van der Waals surface area contributed by atoms with E-state index in [9.17, 15) is 4.57 Å². The summed E-state index contributed by atoms with van der Waals surface area (Å²) in [6.07, 6.45) is 3.52. The third-order valence-corrected chi connectivity index (χ3v) is 8.09. The first-order chi connectivity index (χ1) is 6.14. The number of rotatable bonds is 7. The molecule has 0 aromatic carbocycles. The summed E-state index contributed by atoms with van der Waals surface area (Å²) in [7, 11) is 0.0418. The molecule has 1 unspecified atom stereocenters. The molecule has 0 heterocycles. The molecule has 0 N–H and O–H groups in total. The molecule has 13 heavy (non-hydrogen) atoms. The summed E-state index contributed by atoms with van der Waals surface area (Å²) in [5, 5.41) is 0. The molecule has 0 saturated heterocycles. The average molecular weight is 271 g/mol. The molecule has 0 fully saturated rings. The van der Waals surface area contributed by atoms with Crippen LogP contribution in [-0.4, -0.2) is 33.7 Å². The van der Waals surface area contributed by atoms with Crippen molar-refractivity contribution in [3.05, 3.63) is 12.7 Å². The van der Waals surface area contributed by atoms with Crippen molar-refractivity contribution in [3.8, 4) is 0 Å². The van der Waals surface area contributed by atoms with Gasteiger partial charge in [0, 0.05) is 0 Å². The minimum absolute atomic E-state index is 0.0491. The van der Waals surface area contributed by atoms with Crippen LogP contribution < -0.4 is 0 Å². The molecular formula is C8H17O3PSe. The normalized spacial score (nSPS) is 14.1. The zero-order valence-electron chi connectivity index (χ0n) is 8.36. The van der Waals surface area contributed by atoms with Crippen molar-refractivity contribution in [2.45, 2.75) is 23.2 Å². The molecule has 0 aliphatic rings. The van der Waals surface area contributed by atoms with Crippen molar-refractivity contribution in [1.29, 1.82) is 0 Å². The molecule has 1 atom stereocenters. The van der Waals surface area contributed by atoms with Crippen molar-refractivity contribution in [2.75, 3.05) is 14.2 Å². The van der Waals surface area contributed by atoms with Crippen molar-refractivity contribution in [2.24, 2.45) is 0 Å². The minimum atomic E-state index is -2.84. The van der Waals surface area contributed by atoms with Gasteiger partial charge in [0.05, 0.1) is 0 Å². The van der Waals surface area contributed by atoms with Gasteiger partial charge in [-0.2, -0.15) is 0 Å². The van der Waals surface area contributed by atoms with Crippen LogP contribution in [0, 0.1) is 0 Å². The van der Waals surface area contributed by atoms with Gasteiger partial charge in [0.25, 0.3) is 0 Å². The summed E-state index contributed by atoms with van der Waals surface area (Å²) in [5.41, 5.74) is 0. The van der Waals surface area contributed by atoms with E-state index < -0.39 is 7.60 Å². The summed E-state index contributed by atoms with van der Waals surface area (Å²) in [6, 6.07) is 0. The standard InChI is InChI=1S/C8H17O3PSe/c1-5-6-7-8(13-4)12(9,10-2)11-3/h5,8H,1,6-7H2,2-4H3. The van der Waals surface area contributed by atoms with Crippen LogP contribution in [0.1, 0.15) is 12.8 Å². The summed E-state index contributed by atoms with van der Waals surface area (Å²) in [4.78, 5) is 0. The first-order valence-corrected chi connectivity index (χ1v) is 8.31. The molecule has 0 spiro atoms. The Kier molecular flexibility index (Phi) is 7.02. The molecule has 0 aliphatic carbocycles. The topological polar surface area (TPSA) is 35.5 Å². The predicted octanol–water partition coefficient (Wildman–Crippen LogP) is 2.52. The molecule has 0 aromatic rings. The van der Waals surface area contributed by atoms with Gasteiger partial charge < -0.3 is 0 Å². The van der Waals surface area contributed by atoms with Crippen molar-refractivity contribution in [3.63, 3.8) is 0 Å². The second-order valence-corrected chi connectivity index (χ2v) is 7.86. The SMILES string of the molecule is C=CCCC([Se]C)P(=O)(OC)OC. The van der Waals surface area contributed by atoms with Crippen LogP contribution in [0.4, 0.5) is 0 Å². The van der Waals surface area contributed by atoms with Crippen molar-refractivity contribution < 1.29 is 13.6 Å². The van der Waals surface area contributed by atoms with E-state index in [1.807, 2.05) is 11.9 Å². The predicted molar refractivity (Wildman–Crippen MR) is 56.5 cm³/mol. The van der Waals surface area contributed by atoms with Gasteiger partial charge in [0.2, 0.25) is 0 Å². The van der Waals surface area contributed by atoms with Gasteiger partial charge in [-0.15, -0.1) is 0 Å². The summed E-state index contributed by atoms with van der Waals surface area (Å²) in [5.74, 6) is 2.05. The molecule has 0 aromatic heterocycles. The Bertz CT molecular complexity index is 188. The van der Waals surface area contributed by atoms with Gasteiger partial charge in [-0.25, -0.2) is 0 Å². The van der Waals surface area contributed by atoms with Gasteiger partial charge in [-0.05, 0) is 0 Å². The molecule has 3 nitrogen and oxygen atoms in total. The van der Waals surface area contributed by atoms with E-state index in [1.54, 1.807) is 0 Å². The second-order valence-electron chi connectivity index (χ2n) is 2.46. The molecule has 78 valence electrons. The third kappa shape index (κ3) is 3.97. The van der Waals surface area contributed by atoms with E-state index in [0.717, 1.165) is 12.8 Å². The van der Waals surface area contributed by atoms with Gasteiger partial charge in [-0.3, -0.25) is 0 Å². The van der Waals surface area contributed by atoms with Gasteiger partial charge in [0.15, 0.2) is 0 Å². The summed E-state index contributed by atoms with van der Waals surface area (Å²) < 4.78 is 21.9. The van der Waals surface area contributed by atoms with E-state index in [0.29, 0.717) is 0 Å². The fourth-order valence-electron chi connectivity index (χ4n) is 0.975. The van der Waals surface area contributed by atoms with Gasteiger partial charge in [0.1, 0.15) is 0 Å². The van der Waals surface area contributed by atoms with Crippen LogP contribution in [-0.2, 0) is 13.6 Å². The second kappa shape index (κ2) is 6.80. The Labute approximate surface area is 86.6 Å². The maximum atomic E-state index is 11.9. The molecule has 5 heteroatoms. The number of hydrogen-bond acceptors (Lipinski definition) is 3. The van der Waals surface area contributed by atoms with Crippen LogP contribution in [0.3, 0.4) is 0 Å². The Hall–Kier alpha value is 0.409. The van der Waals surface area contributed by atoms with E-state index in [-0.39, 0.29) is 19.5 Å². The Balaban J connectivity index is 4.34. The molecule has 0 aliphatic heterocycles. The first-order valence-electron chi connectivity index (χ1n) is 3.99. The molecule has 0 radical (unpaired) electrons. The molecule has 0 rings (SSSR count). The average Bonchev–Trinajstić information content (AvgIpc) is 2.18. The fraction of sp³-hybridized carbons (Fsp3) is 0.750. The van der Waals surface area contributed by atoms with E-state index >= 15 is 0 Å². The first kappa shape index (κ1) is 13.4. The van der Waals surface area contributed by atoms with Crippen LogP contribution >= 0.6 is 7.60 Å². The monoisotopic (exact) mass is 272 g/mol. The van der Waals surface area contributed by atoms with Crippen molar-refractivity contribution in [1.82, 2.24) is 0 Å². The molecular weight excluding hydrogens is 254 g/mol. The zero-order chi connectivity index (χ0) is 10.3. The van der Waals surface area contributed by atoms with Crippen LogP contribution in [0.15, 0.2) is 12.7 Å². The molecule has 0 bridgehead atoms. The van der Waals surface area contributed by atoms with E-state index in [4.69, 9.17) is 9.05 Å². The molecule has 0 saturated carbocycles. The number of allylic oxidation sites excluding steroid dienone is 1. The Morgan fingerprint density at radius 1 is 1.54 bits per heavy atom. The zero-order valence-corrected chi connectivity index (χ0v) is 11.0. The molecule has 0 amide bonds. The van der Waals surface area contributed by atoms with Crippen LogP contribution in [0.5, 0.6) is 0 Å². The van der Waals surface area contributed by atoms with Gasteiger partial charge >= 0.3 is 86.3 Å². The Morgan fingerprint density at radius 3 is 2.38 bits per heavy atom. The number of hydrogen-bond donors (Lipinski definition) is 0. The van der Waals surface area contributed by atoms with Gasteiger partial charge in [-0.1, -0.05) is 0 Å². The summed E-state index contributed by atoms with van der Waals surface area (Å²) in [6.45, 7) is 3.64. The third-order valence-electron chi connectivity index (χ3n) is 1.75. The van der Waals surface area contributed by atoms with Crippen LogP contribution in [0.25, 0.3) is 0 Å². The Morgan fingerprint density at radius 2 is 2.08 bits per heavy atom. The maximum absolute atomic E-state index is 11.9.